The van der Waals surface area contributed by atoms with Crippen LogP contribution in [0.4, 0.5) is 4.79 Å². The molecule has 1 N–H and O–H groups in total. The summed E-state index contributed by atoms with van der Waals surface area (Å²) in [5.74, 6) is 0.693. The molecule has 1 unspecified atom stereocenters. The summed E-state index contributed by atoms with van der Waals surface area (Å²) in [6.07, 6.45) is 2.20. The van der Waals surface area contributed by atoms with Gasteiger partial charge in [0, 0.05) is 12.3 Å². The van der Waals surface area contributed by atoms with Crippen LogP contribution >= 0.6 is 0 Å². The summed E-state index contributed by atoms with van der Waals surface area (Å²) in [6, 6.07) is -0.908. The number of carbonyl (C=O) groups is 2. The van der Waals surface area contributed by atoms with Crippen LogP contribution in [0.25, 0.3) is 5.57 Å². The van der Waals surface area contributed by atoms with Gasteiger partial charge in [0.2, 0.25) is 0 Å². The number of hydrogen-bond donors (Lipinski definition) is 1. The number of nitrogens with zero attached hydrogens (tertiary/aromatic N) is 1. The third kappa shape index (κ3) is 5.50. The van der Waals surface area contributed by atoms with Crippen LogP contribution in [0.15, 0.2) is 10.6 Å². The molecule has 0 saturated heterocycles. The number of fused-ring (bicyclic) bond motifs is 1. The molecule has 1 aromatic rings. The van der Waals surface area contributed by atoms with Gasteiger partial charge in [-0.2, -0.15) is 0 Å². The highest BCUT2D eigenvalue weighted by Gasteiger charge is 2.33. The highest BCUT2D eigenvalue weighted by molar-refractivity contribution is 5.85. The fraction of sp³-hybridized carbons (Fsp3) is 0.650. The van der Waals surface area contributed by atoms with E-state index >= 15 is 0 Å². The first-order valence-corrected chi connectivity index (χ1v) is 9.44. The van der Waals surface area contributed by atoms with E-state index in [9.17, 15) is 9.59 Å². The summed E-state index contributed by atoms with van der Waals surface area (Å²) < 4.78 is 21.4. The standard InChI is InChI=1S/C20H30N2O6/c1-11(2)26-17-15-13(9-8-12(3)16(15)28-22-17)10-14(18(23)25-7)21-19(24)27-20(4,5)6/h9,11-12,14H,8,10H2,1-7H3,(H,21,24)/t12?,14-/m0/s1. The summed E-state index contributed by atoms with van der Waals surface area (Å²) in [5, 5.41) is 6.65. The summed E-state index contributed by atoms with van der Waals surface area (Å²) in [4.78, 5) is 24.4. The molecule has 0 aromatic carbocycles. The molecule has 0 bridgehead atoms. The second kappa shape index (κ2) is 8.67. The minimum Gasteiger partial charge on any atom is -0.472 e. The molecule has 1 heterocycles. The summed E-state index contributed by atoms with van der Waals surface area (Å²) in [5.41, 5.74) is 0.883. The Kier molecular flexibility index (Phi) is 6.74. The van der Waals surface area contributed by atoms with Crippen LogP contribution in [-0.2, 0) is 14.3 Å². The minimum atomic E-state index is -0.908. The van der Waals surface area contributed by atoms with E-state index in [1.807, 2.05) is 26.8 Å². The molecule has 0 radical (unpaired) electrons. The van der Waals surface area contributed by atoms with Crippen molar-refractivity contribution in [3.63, 3.8) is 0 Å². The highest BCUT2D eigenvalue weighted by atomic mass is 16.6. The normalized spacial score (nSPS) is 17.4. The molecule has 0 saturated carbocycles. The first-order chi connectivity index (χ1) is 13.0. The number of rotatable bonds is 6. The van der Waals surface area contributed by atoms with E-state index in [2.05, 4.69) is 10.5 Å². The van der Waals surface area contributed by atoms with Crippen LogP contribution in [0.3, 0.4) is 0 Å². The Balaban J connectivity index is 2.26. The lowest BCUT2D eigenvalue weighted by atomic mass is 9.87. The molecule has 156 valence electrons. The average molecular weight is 394 g/mol. The van der Waals surface area contributed by atoms with Gasteiger partial charge in [0.1, 0.15) is 11.6 Å². The van der Waals surface area contributed by atoms with Crippen LogP contribution in [-0.4, -0.2) is 42.1 Å². The van der Waals surface area contributed by atoms with Crippen molar-refractivity contribution < 1.29 is 28.3 Å². The predicted molar refractivity (Wildman–Crippen MR) is 103 cm³/mol. The molecule has 0 spiro atoms. The van der Waals surface area contributed by atoms with Crippen LogP contribution in [0.2, 0.25) is 0 Å². The Bertz CT molecular complexity index is 744. The van der Waals surface area contributed by atoms with Gasteiger partial charge in [0.25, 0.3) is 5.88 Å². The second-order valence-electron chi connectivity index (χ2n) is 8.19. The van der Waals surface area contributed by atoms with Crippen molar-refractivity contribution in [2.75, 3.05) is 7.11 Å². The van der Waals surface area contributed by atoms with Crippen molar-refractivity contribution in [2.45, 2.75) is 78.0 Å². The number of alkyl carbamates (subject to hydrolysis) is 1. The van der Waals surface area contributed by atoms with Crippen LogP contribution < -0.4 is 10.1 Å². The minimum absolute atomic E-state index is 0.0797. The fourth-order valence-electron chi connectivity index (χ4n) is 2.94. The Hall–Kier alpha value is -2.51. The van der Waals surface area contributed by atoms with Gasteiger partial charge in [-0.1, -0.05) is 13.0 Å². The molecule has 1 amide bonds. The van der Waals surface area contributed by atoms with Crippen LogP contribution in [0, 0.1) is 0 Å². The van der Waals surface area contributed by atoms with Gasteiger partial charge in [-0.05, 0) is 51.8 Å². The van der Waals surface area contributed by atoms with Crippen molar-refractivity contribution in [1.82, 2.24) is 10.5 Å². The molecule has 28 heavy (non-hydrogen) atoms. The lowest BCUT2D eigenvalue weighted by Gasteiger charge is -2.24. The molecular weight excluding hydrogens is 364 g/mol. The zero-order valence-corrected chi connectivity index (χ0v) is 17.6. The Morgan fingerprint density at radius 2 is 2.04 bits per heavy atom. The lowest BCUT2D eigenvalue weighted by molar-refractivity contribution is -0.143. The number of amides is 1. The summed E-state index contributed by atoms with van der Waals surface area (Å²) >= 11 is 0. The molecule has 2 rings (SSSR count). The van der Waals surface area contributed by atoms with E-state index in [4.69, 9.17) is 18.7 Å². The smallest absolute Gasteiger partial charge is 0.408 e. The predicted octanol–water partition coefficient (Wildman–Crippen LogP) is 3.81. The molecule has 0 fully saturated rings. The SMILES string of the molecule is COC(=O)[C@H](CC1=CCC(C)c2onc(OC(C)C)c21)NC(=O)OC(C)(C)C. The average Bonchev–Trinajstić information content (AvgIpc) is 2.98. The lowest BCUT2D eigenvalue weighted by Crippen LogP contribution is -2.44. The van der Waals surface area contributed by atoms with Crippen molar-refractivity contribution in [3.05, 3.63) is 17.4 Å². The number of aromatic nitrogens is 1. The quantitative estimate of drug-likeness (QED) is 0.732. The number of allylic oxidation sites excluding steroid dienone is 1. The Morgan fingerprint density at radius 3 is 2.61 bits per heavy atom. The molecule has 1 aromatic heterocycles. The molecule has 0 aliphatic heterocycles. The fourth-order valence-corrected chi connectivity index (χ4v) is 2.94. The molecule has 1 aliphatic rings. The van der Waals surface area contributed by atoms with E-state index in [1.165, 1.54) is 7.11 Å². The molecular formula is C20H30N2O6. The number of ether oxygens (including phenoxy) is 3. The third-order valence-corrected chi connectivity index (χ3v) is 4.12. The Labute approximate surface area is 165 Å². The van der Waals surface area contributed by atoms with Gasteiger partial charge in [-0.25, -0.2) is 9.59 Å². The molecule has 8 heteroatoms. The van der Waals surface area contributed by atoms with Crippen molar-refractivity contribution in [3.8, 4) is 5.88 Å². The maximum absolute atomic E-state index is 12.3. The number of esters is 1. The van der Waals surface area contributed by atoms with Crippen molar-refractivity contribution in [1.29, 1.82) is 0 Å². The zero-order chi connectivity index (χ0) is 21.1. The number of hydrogen-bond acceptors (Lipinski definition) is 7. The summed E-state index contributed by atoms with van der Waals surface area (Å²) in [7, 11) is 1.28. The van der Waals surface area contributed by atoms with Gasteiger partial charge in [-0.3, -0.25) is 0 Å². The van der Waals surface area contributed by atoms with Crippen molar-refractivity contribution in [2.24, 2.45) is 0 Å². The van der Waals surface area contributed by atoms with Gasteiger partial charge in [-0.15, -0.1) is 0 Å². The molecule has 2 atom stereocenters. The maximum atomic E-state index is 12.3. The Morgan fingerprint density at radius 1 is 1.36 bits per heavy atom. The first-order valence-electron chi connectivity index (χ1n) is 9.44. The van der Waals surface area contributed by atoms with Crippen LogP contribution in [0.5, 0.6) is 5.88 Å². The topological polar surface area (TPSA) is 99.9 Å². The first kappa shape index (κ1) is 21.8. The second-order valence-corrected chi connectivity index (χ2v) is 8.19. The van der Waals surface area contributed by atoms with Gasteiger partial charge in [0.15, 0.2) is 5.76 Å². The summed E-state index contributed by atoms with van der Waals surface area (Å²) in [6.45, 7) is 11.1. The zero-order valence-electron chi connectivity index (χ0n) is 17.6. The van der Waals surface area contributed by atoms with E-state index in [1.54, 1.807) is 20.8 Å². The van der Waals surface area contributed by atoms with Crippen LogP contribution in [0.1, 0.15) is 71.6 Å². The maximum Gasteiger partial charge on any atom is 0.408 e. The van der Waals surface area contributed by atoms with E-state index < -0.39 is 23.7 Å². The van der Waals surface area contributed by atoms with Gasteiger partial charge < -0.3 is 24.1 Å². The third-order valence-electron chi connectivity index (χ3n) is 4.12. The van der Waals surface area contributed by atoms with E-state index in [-0.39, 0.29) is 18.4 Å². The number of carbonyl (C=O) groups excluding carboxylic acids is 2. The number of nitrogens with one attached hydrogen (secondary N) is 1. The highest BCUT2D eigenvalue weighted by Crippen LogP contribution is 2.41. The largest absolute Gasteiger partial charge is 0.472 e. The molecule has 8 nitrogen and oxygen atoms in total. The monoisotopic (exact) mass is 394 g/mol. The van der Waals surface area contributed by atoms with Crippen molar-refractivity contribution >= 4 is 17.6 Å². The number of methoxy groups -OCH3 is 1. The van der Waals surface area contributed by atoms with Gasteiger partial charge >= 0.3 is 12.1 Å². The van der Waals surface area contributed by atoms with Gasteiger partial charge in [0.05, 0.1) is 18.8 Å². The van der Waals surface area contributed by atoms with E-state index in [0.717, 1.165) is 17.6 Å². The molecule has 1 aliphatic carbocycles. The van der Waals surface area contributed by atoms with E-state index in [0.29, 0.717) is 11.6 Å².